The van der Waals surface area contributed by atoms with Crippen LogP contribution < -0.4 is 0 Å². The summed E-state index contributed by atoms with van der Waals surface area (Å²) < 4.78 is 0. The molecule has 2 rings (SSSR count). The van der Waals surface area contributed by atoms with E-state index in [0.717, 1.165) is 0 Å². The fraction of sp³-hybridized carbons (Fsp3) is 0. The molecule has 0 aliphatic heterocycles. The number of aromatic nitrogens is 2. The molecule has 0 aromatic carbocycles. The van der Waals surface area contributed by atoms with E-state index in [1.54, 1.807) is 62.3 Å². The molecule has 0 fully saturated rings. The fourth-order valence-electron chi connectivity index (χ4n) is 0.625. The monoisotopic (exact) mass is 842 g/mol. The van der Waals surface area contributed by atoms with Gasteiger partial charge in [-0.15, -0.1) is 0 Å². The summed E-state index contributed by atoms with van der Waals surface area (Å²) in [6, 6.07) is 11.4. The Morgan fingerprint density at radius 2 is 0.667 bits per heavy atom. The number of nitrogens with two attached hydrogens (primary N) is 4. The number of hydrogen-bond acceptors (Lipinski definition) is 8. The summed E-state index contributed by atoms with van der Waals surface area (Å²) in [7, 11) is 9.22. The number of pyridine rings is 2. The van der Waals surface area contributed by atoms with E-state index in [1.807, 2.05) is 36.4 Å². The summed E-state index contributed by atoms with van der Waals surface area (Å²) in [5.74, 6) is 0. The van der Waals surface area contributed by atoms with Crippen molar-refractivity contribution in [1.29, 1.82) is 0 Å². The molecule has 190 valence electrons. The van der Waals surface area contributed by atoms with Crippen LogP contribution in [0.1, 0.15) is 0 Å². The summed E-state index contributed by atoms with van der Waals surface area (Å²) in [6.07, 6.45) is 7.00. The summed E-state index contributed by atoms with van der Waals surface area (Å²) in [4.78, 5) is 24.1. The van der Waals surface area contributed by atoms with Crippen LogP contribution in [0.25, 0.3) is 24.6 Å². The van der Waals surface area contributed by atoms with Crippen LogP contribution in [0.15, 0.2) is 61.2 Å². The van der Waals surface area contributed by atoms with E-state index in [4.69, 9.17) is 30.6 Å². The van der Waals surface area contributed by atoms with Gasteiger partial charge in [0.2, 0.25) is 0 Å². The molecule has 2 heterocycles. The maximum Gasteiger partial charge on any atom is 0.0267 e. The molecule has 0 aliphatic carbocycles. The van der Waals surface area contributed by atoms with Gasteiger partial charge >= 0.3 is 56.4 Å². The van der Waals surface area contributed by atoms with Gasteiger partial charge in [0.15, 0.2) is 0 Å². The third-order valence-electron chi connectivity index (χ3n) is 1.13. The van der Waals surface area contributed by atoms with E-state index < -0.39 is 10.2 Å². The zero-order valence-electron chi connectivity index (χ0n) is 14.7. The van der Waals surface area contributed by atoms with Gasteiger partial charge in [0.05, 0.1) is 10.2 Å². The maximum absolute atomic E-state index is 8.25. The van der Waals surface area contributed by atoms with Crippen molar-refractivity contribution in [3.8, 4) is 0 Å². The first kappa shape index (κ1) is 63.0. The van der Waals surface area contributed by atoms with Gasteiger partial charge in [-0.2, -0.15) is 0 Å². The summed E-state index contributed by atoms with van der Waals surface area (Å²) >= 11 is 3.22. The molecule has 30 heavy (non-hydrogen) atoms. The molecule has 2 aromatic rings. The van der Waals surface area contributed by atoms with Crippen LogP contribution in [-0.2, 0) is 37.5 Å². The van der Waals surface area contributed by atoms with Gasteiger partial charge < -0.3 is 66.2 Å². The van der Waals surface area contributed by atoms with Crippen LogP contribution in [0.4, 0.5) is 0 Å². The van der Waals surface area contributed by atoms with Gasteiger partial charge in [-0.05, 0) is 24.3 Å². The molecule has 0 atom stereocenters. The van der Waals surface area contributed by atoms with E-state index >= 15 is 0 Å². The molecule has 2 aromatic heterocycles. The van der Waals surface area contributed by atoms with Gasteiger partial charge in [0.1, 0.15) is 0 Å². The van der Waals surface area contributed by atoms with Crippen LogP contribution in [0.3, 0.4) is 0 Å². The molecule has 0 aliphatic rings. The molecule has 0 saturated heterocycles. The van der Waals surface area contributed by atoms with Crippen molar-refractivity contribution in [2.75, 3.05) is 0 Å². The van der Waals surface area contributed by atoms with E-state index in [0.29, 0.717) is 0 Å². The van der Waals surface area contributed by atoms with Gasteiger partial charge in [0, 0.05) is 24.8 Å². The summed E-state index contributed by atoms with van der Waals surface area (Å²) in [5.41, 5.74) is 0. The molecule has 20 heteroatoms. The predicted octanol–water partition coefficient (Wildman–Crippen LogP) is 4.28. The predicted molar refractivity (Wildman–Crippen MR) is 109 cm³/mol. The van der Waals surface area contributed by atoms with Crippen molar-refractivity contribution in [2.24, 2.45) is 0 Å². The first-order valence-corrected chi connectivity index (χ1v) is 10.7. The second-order valence-corrected chi connectivity index (χ2v) is 2.50. The van der Waals surface area contributed by atoms with Gasteiger partial charge in [0.25, 0.3) is 0 Å². The molecule has 0 spiro atoms. The summed E-state index contributed by atoms with van der Waals surface area (Å²) in [5, 5.41) is 29.5. The normalized spacial score (nSPS) is 5.27. The number of halogens is 2. The zero-order chi connectivity index (χ0) is 19.6. The molecular formula is C10H22Cl2N8O8Pt2-6. The van der Waals surface area contributed by atoms with Crippen molar-refractivity contribution < 1.29 is 58.7 Å². The topological polar surface area (TPSA) is 355 Å². The van der Waals surface area contributed by atoms with E-state index in [-0.39, 0.29) is 35.6 Å². The van der Waals surface area contributed by atoms with Crippen molar-refractivity contribution in [3.63, 3.8) is 0 Å². The SMILES string of the molecule is O.O.O=[N+]([O-])[O-].O=[N+]([O-])[O-].[Cl][Pt].[Cl][Pt].[NH2-].[NH2-].[NH2-].[NH2-].c1ccncc1.c1ccncc1. The average Bonchev–Trinajstić information content (AvgIpc) is 2.61. The van der Waals surface area contributed by atoms with Crippen LogP contribution >= 0.6 is 18.8 Å². The second-order valence-electron chi connectivity index (χ2n) is 2.50. The minimum Gasteiger partial charge on any atom is -0.693 e. The first-order valence-electron chi connectivity index (χ1n) is 5.03. The first-order chi connectivity index (χ1) is 11.5. The smallest absolute Gasteiger partial charge is 0.0267 e. The van der Waals surface area contributed by atoms with Gasteiger partial charge in [-0.3, -0.25) is 9.97 Å². The van der Waals surface area contributed by atoms with E-state index in [2.05, 4.69) is 28.8 Å². The summed E-state index contributed by atoms with van der Waals surface area (Å²) in [6.45, 7) is 0. The molecule has 0 amide bonds. The Labute approximate surface area is 203 Å². The van der Waals surface area contributed by atoms with Crippen molar-refractivity contribution in [2.45, 2.75) is 0 Å². The van der Waals surface area contributed by atoms with Crippen molar-refractivity contribution in [3.05, 3.63) is 116 Å². The molecule has 0 saturated carbocycles. The molecule has 16 nitrogen and oxygen atoms in total. The molecule has 0 radical (unpaired) electrons. The Morgan fingerprint density at radius 3 is 0.700 bits per heavy atom. The minimum absolute atomic E-state index is 0. The Bertz CT molecular complexity index is 369. The van der Waals surface area contributed by atoms with Gasteiger partial charge in [-0.25, -0.2) is 0 Å². The molecular weight excluding hydrogens is 821 g/mol. The average molecular weight is 843 g/mol. The number of nitrogens with zero attached hydrogens (tertiary/aromatic N) is 4. The third-order valence-corrected chi connectivity index (χ3v) is 1.13. The van der Waals surface area contributed by atoms with Crippen LogP contribution in [0.2, 0.25) is 0 Å². The Balaban J connectivity index is -0.0000000201. The van der Waals surface area contributed by atoms with E-state index in [9.17, 15) is 0 Å². The molecule has 0 unspecified atom stereocenters. The van der Waals surface area contributed by atoms with Crippen LogP contribution in [-0.4, -0.2) is 31.1 Å². The largest absolute Gasteiger partial charge is 0.693 e. The van der Waals surface area contributed by atoms with Crippen LogP contribution in [0, 0.1) is 30.6 Å². The Kier molecular flexibility index (Phi) is 149. The fourth-order valence-corrected chi connectivity index (χ4v) is 0.625. The number of hydrogen-bond donors (Lipinski definition) is 0. The maximum atomic E-state index is 8.25. The Morgan fingerprint density at radius 1 is 0.533 bits per heavy atom. The van der Waals surface area contributed by atoms with Crippen molar-refractivity contribution in [1.82, 2.24) is 9.97 Å². The Hall–Kier alpha value is -1.58. The van der Waals surface area contributed by atoms with Crippen molar-refractivity contribution >= 4 is 18.8 Å². The minimum atomic E-state index is -1.75. The molecule has 0 bridgehead atoms. The second kappa shape index (κ2) is 71.0. The quantitative estimate of drug-likeness (QED) is 0.271. The van der Waals surface area contributed by atoms with Gasteiger partial charge in [-0.1, -0.05) is 12.1 Å². The van der Waals surface area contributed by atoms with E-state index in [1.165, 1.54) is 0 Å². The standard InChI is InChI=1S/2C5H5N.2ClH.2NO3.4H2N.2H2O.2Pt/c2*1-2-4-6-5-3-1;;;2*2-1(3)4;;;;;;;;/h2*1-5H;2*1H;;;6*1H2;;/q;;;;6*-1;;;2*+1/p-2. The van der Waals surface area contributed by atoms with Crippen LogP contribution in [0.5, 0.6) is 0 Å². The molecule has 12 N–H and O–H groups in total. The zero-order valence-corrected chi connectivity index (χ0v) is 20.8. The number of rotatable bonds is 0. The third kappa shape index (κ3) is 157.